The molecule has 0 saturated carbocycles. The number of nitrogens with zero attached hydrogens (tertiary/aromatic N) is 1. The third-order valence-corrected chi connectivity index (χ3v) is 5.39. The summed E-state index contributed by atoms with van der Waals surface area (Å²) >= 11 is 6.14. The molecule has 29 heavy (non-hydrogen) atoms. The number of halogens is 3. The lowest BCUT2D eigenvalue weighted by molar-refractivity contribution is 0.0694. The number of carbonyl (C=O) groups is 1. The Morgan fingerprint density at radius 1 is 1.07 bits per heavy atom. The van der Waals surface area contributed by atoms with Crippen LogP contribution in [0.2, 0.25) is 5.02 Å². The van der Waals surface area contributed by atoms with Crippen LogP contribution < -0.4 is 5.32 Å². The van der Waals surface area contributed by atoms with Crippen molar-refractivity contribution in [3.8, 4) is 0 Å². The van der Waals surface area contributed by atoms with Crippen LogP contribution in [0.3, 0.4) is 0 Å². The summed E-state index contributed by atoms with van der Waals surface area (Å²) in [4.78, 5) is 11.9. The molecule has 2 N–H and O–H groups in total. The Kier molecular flexibility index (Phi) is 6.35. The average Bonchev–Trinajstić information content (AvgIpc) is 2.89. The van der Waals surface area contributed by atoms with Crippen molar-refractivity contribution in [2.45, 2.75) is 33.5 Å². The molecule has 4 nitrogen and oxygen atoms in total. The monoisotopic (exact) mass is 418 g/mol. The first-order valence-electron chi connectivity index (χ1n) is 9.09. The van der Waals surface area contributed by atoms with Gasteiger partial charge in [0.05, 0.1) is 5.56 Å². The molecule has 152 valence electrons. The van der Waals surface area contributed by atoms with E-state index in [1.54, 1.807) is 31.2 Å². The van der Waals surface area contributed by atoms with Gasteiger partial charge in [0.1, 0.15) is 11.6 Å². The Morgan fingerprint density at radius 3 is 2.45 bits per heavy atom. The molecule has 7 heteroatoms. The van der Waals surface area contributed by atoms with Crippen LogP contribution in [0.4, 0.5) is 8.78 Å². The lowest BCUT2D eigenvalue weighted by Crippen LogP contribution is -2.16. The molecular formula is C22H21ClF2N2O2. The van der Waals surface area contributed by atoms with Gasteiger partial charge in [0.15, 0.2) is 0 Å². The van der Waals surface area contributed by atoms with E-state index >= 15 is 0 Å². The third-order valence-electron chi connectivity index (χ3n) is 5.04. The van der Waals surface area contributed by atoms with Crippen LogP contribution in [0.5, 0.6) is 0 Å². The second kappa shape index (κ2) is 8.76. The average molecular weight is 419 g/mol. The Labute approximate surface area is 172 Å². The van der Waals surface area contributed by atoms with Gasteiger partial charge in [-0.1, -0.05) is 35.9 Å². The first-order valence-corrected chi connectivity index (χ1v) is 9.47. The number of hydrogen-bond donors (Lipinski definition) is 2. The minimum Gasteiger partial charge on any atom is -0.478 e. The Hall–Kier alpha value is -2.70. The Bertz CT molecular complexity index is 1060. The summed E-state index contributed by atoms with van der Waals surface area (Å²) in [7, 11) is 0. The van der Waals surface area contributed by atoms with Gasteiger partial charge in [-0.15, -0.1) is 0 Å². The fraction of sp³-hybridized carbons (Fsp3) is 0.227. The van der Waals surface area contributed by atoms with Crippen molar-refractivity contribution < 1.29 is 18.7 Å². The lowest BCUT2D eigenvalue weighted by Gasteiger charge is -2.12. The molecule has 3 aromatic rings. The standard InChI is InChI=1S/C22H21ClF2N2O2/c1-13-18(11-26-10-15-5-3-4-6-20(15)25)21(22(28)29)14(2)27(13)12-16-7-8-17(24)9-19(16)23/h3-9,26H,10-12H2,1-2H3,(H,28,29). The molecule has 0 aliphatic rings. The zero-order valence-electron chi connectivity index (χ0n) is 16.1. The highest BCUT2D eigenvalue weighted by Crippen LogP contribution is 2.26. The van der Waals surface area contributed by atoms with Gasteiger partial charge in [-0.2, -0.15) is 0 Å². The molecule has 3 rings (SSSR count). The highest BCUT2D eigenvalue weighted by atomic mass is 35.5. The molecule has 0 aliphatic heterocycles. The third kappa shape index (κ3) is 4.49. The molecule has 0 unspecified atom stereocenters. The van der Waals surface area contributed by atoms with Gasteiger partial charge in [0.2, 0.25) is 0 Å². The van der Waals surface area contributed by atoms with Crippen LogP contribution >= 0.6 is 11.6 Å². The fourth-order valence-corrected chi connectivity index (χ4v) is 3.70. The maximum absolute atomic E-state index is 13.8. The second-order valence-corrected chi connectivity index (χ2v) is 7.25. The Morgan fingerprint density at radius 2 is 1.79 bits per heavy atom. The number of hydrogen-bond acceptors (Lipinski definition) is 2. The minimum atomic E-state index is -1.03. The van der Waals surface area contributed by atoms with E-state index in [1.807, 2.05) is 11.5 Å². The summed E-state index contributed by atoms with van der Waals surface area (Å²) in [5, 5.41) is 13.1. The summed E-state index contributed by atoms with van der Waals surface area (Å²) in [5.41, 5.74) is 3.39. The second-order valence-electron chi connectivity index (χ2n) is 6.85. The molecular weight excluding hydrogens is 398 g/mol. The number of benzene rings is 2. The smallest absolute Gasteiger partial charge is 0.337 e. The van der Waals surface area contributed by atoms with Gasteiger partial charge in [0.25, 0.3) is 0 Å². The summed E-state index contributed by atoms with van der Waals surface area (Å²) in [6, 6.07) is 10.6. The van der Waals surface area contributed by atoms with Gasteiger partial charge in [0, 0.05) is 47.2 Å². The molecule has 0 fully saturated rings. The Balaban J connectivity index is 1.88. The van der Waals surface area contributed by atoms with Crippen LogP contribution in [0.15, 0.2) is 42.5 Å². The normalized spacial score (nSPS) is 11.1. The largest absolute Gasteiger partial charge is 0.478 e. The number of carboxylic acid groups (broad SMARTS) is 1. The maximum Gasteiger partial charge on any atom is 0.337 e. The van der Waals surface area contributed by atoms with E-state index in [0.29, 0.717) is 28.9 Å². The van der Waals surface area contributed by atoms with Crippen molar-refractivity contribution in [2.24, 2.45) is 0 Å². The molecule has 2 aromatic carbocycles. The summed E-state index contributed by atoms with van der Waals surface area (Å²) in [6.07, 6.45) is 0. The molecule has 0 saturated heterocycles. The quantitative estimate of drug-likeness (QED) is 0.563. The minimum absolute atomic E-state index is 0.210. The van der Waals surface area contributed by atoms with Crippen molar-refractivity contribution in [3.63, 3.8) is 0 Å². The van der Waals surface area contributed by atoms with E-state index in [2.05, 4.69) is 5.32 Å². The highest BCUT2D eigenvalue weighted by molar-refractivity contribution is 6.31. The van der Waals surface area contributed by atoms with Crippen LogP contribution in [-0.2, 0) is 19.6 Å². The predicted octanol–water partition coefficient (Wildman–Crippen LogP) is 5.07. The van der Waals surface area contributed by atoms with Gasteiger partial charge >= 0.3 is 5.97 Å². The summed E-state index contributed by atoms with van der Waals surface area (Å²) in [6.45, 7) is 4.43. The summed E-state index contributed by atoms with van der Waals surface area (Å²) < 4.78 is 29.0. The molecule has 0 spiro atoms. The van der Waals surface area contributed by atoms with E-state index in [9.17, 15) is 18.7 Å². The van der Waals surface area contributed by atoms with Gasteiger partial charge in [-0.3, -0.25) is 0 Å². The number of aromatic carboxylic acids is 1. The molecule has 1 aromatic heterocycles. The molecule has 0 amide bonds. The summed E-state index contributed by atoms with van der Waals surface area (Å²) in [5.74, 6) is -1.77. The van der Waals surface area contributed by atoms with E-state index in [0.717, 1.165) is 5.69 Å². The van der Waals surface area contributed by atoms with Gasteiger partial charge < -0.3 is 15.0 Å². The van der Waals surface area contributed by atoms with Crippen molar-refractivity contribution in [1.29, 1.82) is 0 Å². The zero-order chi connectivity index (χ0) is 21.1. The van der Waals surface area contributed by atoms with Crippen molar-refractivity contribution in [3.05, 3.63) is 92.8 Å². The highest BCUT2D eigenvalue weighted by Gasteiger charge is 2.23. The van der Waals surface area contributed by atoms with Crippen LogP contribution in [-0.4, -0.2) is 15.6 Å². The van der Waals surface area contributed by atoms with Gasteiger partial charge in [-0.25, -0.2) is 13.6 Å². The molecule has 0 atom stereocenters. The fourth-order valence-electron chi connectivity index (χ4n) is 3.47. The lowest BCUT2D eigenvalue weighted by atomic mass is 10.1. The number of rotatable bonds is 7. The maximum atomic E-state index is 13.8. The molecule has 1 heterocycles. The molecule has 0 bridgehead atoms. The van der Waals surface area contributed by atoms with Crippen molar-refractivity contribution in [1.82, 2.24) is 9.88 Å². The van der Waals surface area contributed by atoms with Crippen LogP contribution in [0, 0.1) is 25.5 Å². The first kappa shape index (κ1) is 21.0. The van der Waals surface area contributed by atoms with Crippen LogP contribution in [0.25, 0.3) is 0 Å². The van der Waals surface area contributed by atoms with Crippen molar-refractivity contribution >= 4 is 17.6 Å². The number of carboxylic acids is 1. The van der Waals surface area contributed by atoms with Gasteiger partial charge in [-0.05, 0) is 37.6 Å². The first-order chi connectivity index (χ1) is 13.8. The predicted molar refractivity (Wildman–Crippen MR) is 108 cm³/mol. The van der Waals surface area contributed by atoms with E-state index < -0.39 is 11.8 Å². The SMILES string of the molecule is Cc1c(CNCc2ccccc2F)c(C(=O)O)c(C)n1Cc1ccc(F)cc1Cl. The topological polar surface area (TPSA) is 54.3 Å². The number of aromatic nitrogens is 1. The number of nitrogens with one attached hydrogen (secondary N) is 1. The van der Waals surface area contributed by atoms with Crippen LogP contribution in [0.1, 0.15) is 38.4 Å². The molecule has 0 radical (unpaired) electrons. The van der Waals surface area contributed by atoms with E-state index in [1.165, 1.54) is 18.2 Å². The van der Waals surface area contributed by atoms with Crippen molar-refractivity contribution in [2.75, 3.05) is 0 Å². The zero-order valence-corrected chi connectivity index (χ0v) is 16.9. The van der Waals surface area contributed by atoms with E-state index in [4.69, 9.17) is 11.6 Å². The molecule has 0 aliphatic carbocycles. The van der Waals surface area contributed by atoms with E-state index in [-0.39, 0.29) is 29.5 Å².